The summed E-state index contributed by atoms with van der Waals surface area (Å²) in [5, 5.41) is 2.24. The number of para-hydroxylation sites is 2. The van der Waals surface area contributed by atoms with Gasteiger partial charge in [0.15, 0.2) is 6.17 Å². The van der Waals surface area contributed by atoms with Gasteiger partial charge in [-0.1, -0.05) is 92.3 Å². The fraction of sp³-hybridized carbons (Fsp3) is 0.122. The maximum atomic E-state index is 16.6. The molecule has 1 aliphatic heterocycles. The van der Waals surface area contributed by atoms with Crippen molar-refractivity contribution >= 4 is 44.7 Å². The van der Waals surface area contributed by atoms with Gasteiger partial charge in [-0.2, -0.15) is 0 Å². The highest BCUT2D eigenvalue weighted by Gasteiger charge is 2.36. The first-order valence-corrected chi connectivity index (χ1v) is 16.7. The first kappa shape index (κ1) is 28.1. The predicted molar refractivity (Wildman–Crippen MR) is 190 cm³/mol. The molecule has 5 aromatic carbocycles. The van der Waals surface area contributed by atoms with E-state index in [-0.39, 0.29) is 5.41 Å². The van der Waals surface area contributed by atoms with Gasteiger partial charge in [0.1, 0.15) is 11.5 Å². The molecule has 8 aromatic rings. The Kier molecular flexibility index (Phi) is 6.21. The van der Waals surface area contributed by atoms with Crippen LogP contribution in [0, 0.1) is 0 Å². The summed E-state index contributed by atoms with van der Waals surface area (Å²) in [5.41, 5.74) is 9.27. The molecule has 1 aliphatic rings. The number of benzene rings is 5. The average molecular weight is 631 g/mol. The summed E-state index contributed by atoms with van der Waals surface area (Å²) in [6, 6.07) is 40.9. The monoisotopic (exact) mass is 630 g/mol. The minimum absolute atomic E-state index is 0.251. The molecule has 4 heterocycles. The highest BCUT2D eigenvalue weighted by Crippen LogP contribution is 2.52. The second kappa shape index (κ2) is 10.4. The fourth-order valence-electron chi connectivity index (χ4n) is 7.43. The Morgan fingerprint density at radius 2 is 1.53 bits per heavy atom. The highest BCUT2D eigenvalue weighted by molar-refractivity contribution is 7.99. The lowest BCUT2D eigenvalue weighted by atomic mass is 9.76. The molecule has 0 bridgehead atoms. The van der Waals surface area contributed by atoms with Crippen molar-refractivity contribution in [1.82, 2.24) is 19.1 Å². The van der Waals surface area contributed by atoms with E-state index in [1.165, 1.54) is 20.9 Å². The van der Waals surface area contributed by atoms with Gasteiger partial charge in [-0.05, 0) is 71.3 Å². The third-order valence-electron chi connectivity index (χ3n) is 9.70. The van der Waals surface area contributed by atoms with Gasteiger partial charge in [0.05, 0.1) is 16.6 Å². The SMILES string of the molecule is Cn1c(-c2cccc(C(F)c3cccc(-n4c5ncccc5c5ccc6c(c54)C(C)(C)c4ccccc4S6)c3)c2)nc2ccccc21. The van der Waals surface area contributed by atoms with E-state index < -0.39 is 6.17 Å². The zero-order valence-corrected chi connectivity index (χ0v) is 27.1. The lowest BCUT2D eigenvalue weighted by Gasteiger charge is -2.35. The lowest BCUT2D eigenvalue weighted by Crippen LogP contribution is -2.24. The van der Waals surface area contributed by atoms with E-state index in [1.807, 2.05) is 91.7 Å². The number of aryl methyl sites for hydroxylation is 1. The Hall–Kier alpha value is -5.20. The lowest BCUT2D eigenvalue weighted by molar-refractivity contribution is 0.402. The number of hydrogen-bond donors (Lipinski definition) is 0. The molecular weight excluding hydrogens is 600 g/mol. The molecule has 47 heavy (non-hydrogen) atoms. The number of hydrogen-bond acceptors (Lipinski definition) is 3. The second-order valence-electron chi connectivity index (χ2n) is 12.8. The number of halogens is 1. The maximum Gasteiger partial charge on any atom is 0.150 e. The average Bonchev–Trinajstić information content (AvgIpc) is 3.62. The molecule has 228 valence electrons. The van der Waals surface area contributed by atoms with Gasteiger partial charge in [0.25, 0.3) is 0 Å². The predicted octanol–water partition coefficient (Wildman–Crippen LogP) is 10.6. The number of alkyl halides is 1. The fourth-order valence-corrected chi connectivity index (χ4v) is 8.84. The van der Waals surface area contributed by atoms with E-state index in [2.05, 4.69) is 77.6 Å². The summed E-state index contributed by atoms with van der Waals surface area (Å²) in [7, 11) is 2.00. The van der Waals surface area contributed by atoms with Crippen molar-refractivity contribution in [2.24, 2.45) is 7.05 Å². The zero-order chi connectivity index (χ0) is 31.9. The summed E-state index contributed by atoms with van der Waals surface area (Å²) in [6.07, 6.45) is 0.520. The molecule has 0 aliphatic carbocycles. The summed E-state index contributed by atoms with van der Waals surface area (Å²) in [4.78, 5) is 12.3. The van der Waals surface area contributed by atoms with Crippen LogP contribution in [0.2, 0.25) is 0 Å². The molecule has 1 atom stereocenters. The minimum Gasteiger partial charge on any atom is -0.327 e. The Bertz CT molecular complexity index is 2520. The summed E-state index contributed by atoms with van der Waals surface area (Å²) >= 11 is 1.82. The quantitative estimate of drug-likeness (QED) is 0.194. The van der Waals surface area contributed by atoms with Gasteiger partial charge >= 0.3 is 0 Å². The van der Waals surface area contributed by atoms with Crippen LogP contribution in [0.1, 0.15) is 42.3 Å². The Labute approximate surface area is 276 Å². The van der Waals surface area contributed by atoms with Crippen LogP contribution >= 0.6 is 11.8 Å². The van der Waals surface area contributed by atoms with Crippen molar-refractivity contribution in [1.29, 1.82) is 0 Å². The number of imidazole rings is 1. The first-order valence-electron chi connectivity index (χ1n) is 15.9. The molecule has 0 spiro atoms. The van der Waals surface area contributed by atoms with Gasteiger partial charge < -0.3 is 4.57 Å². The van der Waals surface area contributed by atoms with Crippen molar-refractivity contribution in [2.75, 3.05) is 0 Å². The molecule has 6 heteroatoms. The first-order chi connectivity index (χ1) is 22.9. The van der Waals surface area contributed by atoms with Crippen molar-refractivity contribution in [3.63, 3.8) is 0 Å². The molecule has 4 nitrogen and oxygen atoms in total. The van der Waals surface area contributed by atoms with Crippen LogP contribution in [0.5, 0.6) is 0 Å². The smallest absolute Gasteiger partial charge is 0.150 e. The molecule has 0 saturated carbocycles. The number of rotatable bonds is 4. The van der Waals surface area contributed by atoms with Crippen LogP contribution in [0.15, 0.2) is 137 Å². The molecule has 3 aromatic heterocycles. The van der Waals surface area contributed by atoms with Crippen LogP contribution in [-0.4, -0.2) is 19.1 Å². The third-order valence-corrected chi connectivity index (χ3v) is 10.8. The standard InChI is InChI=1S/C41H31FN4S/c1-41(2)31-16-4-7-19-34(31)47-35-21-20-29-30-15-10-22-43-40(30)46(38(29)36(35)41)28-14-9-12-26(24-28)37(42)25-11-8-13-27(23-25)39-44-32-17-5-6-18-33(32)45(39)3/h4-24,37H,1-3H3. The Morgan fingerprint density at radius 3 is 2.40 bits per heavy atom. The molecule has 9 rings (SSSR count). The van der Waals surface area contributed by atoms with E-state index >= 15 is 4.39 Å². The van der Waals surface area contributed by atoms with Crippen LogP contribution in [-0.2, 0) is 12.5 Å². The van der Waals surface area contributed by atoms with E-state index in [0.717, 1.165) is 50.0 Å². The van der Waals surface area contributed by atoms with Gasteiger partial charge in [0.2, 0.25) is 0 Å². The molecular formula is C41H31FN4S. The largest absolute Gasteiger partial charge is 0.327 e. The molecule has 0 fully saturated rings. The summed E-state index contributed by atoms with van der Waals surface area (Å²) in [5.74, 6) is 0.817. The van der Waals surface area contributed by atoms with E-state index in [4.69, 9.17) is 9.97 Å². The van der Waals surface area contributed by atoms with Crippen LogP contribution < -0.4 is 0 Å². The number of fused-ring (bicyclic) bond motifs is 7. The summed E-state index contributed by atoms with van der Waals surface area (Å²) < 4.78 is 20.9. The number of pyridine rings is 1. The maximum absolute atomic E-state index is 16.6. The number of aromatic nitrogens is 4. The van der Waals surface area contributed by atoms with Crippen molar-refractivity contribution < 1.29 is 4.39 Å². The van der Waals surface area contributed by atoms with Gasteiger partial charge in [0, 0.05) is 56.0 Å². The van der Waals surface area contributed by atoms with E-state index in [9.17, 15) is 0 Å². The minimum atomic E-state index is -1.32. The van der Waals surface area contributed by atoms with Crippen molar-refractivity contribution in [3.05, 3.63) is 150 Å². The molecule has 0 N–H and O–H groups in total. The molecule has 1 unspecified atom stereocenters. The molecule has 0 saturated heterocycles. The topological polar surface area (TPSA) is 35.6 Å². The van der Waals surface area contributed by atoms with Crippen LogP contribution in [0.25, 0.3) is 50.0 Å². The summed E-state index contributed by atoms with van der Waals surface area (Å²) in [6.45, 7) is 4.62. The van der Waals surface area contributed by atoms with Crippen LogP contribution in [0.4, 0.5) is 4.39 Å². The van der Waals surface area contributed by atoms with E-state index in [0.29, 0.717) is 11.1 Å². The van der Waals surface area contributed by atoms with Crippen LogP contribution in [0.3, 0.4) is 0 Å². The highest BCUT2D eigenvalue weighted by atomic mass is 32.2. The van der Waals surface area contributed by atoms with Crippen molar-refractivity contribution in [3.8, 4) is 17.1 Å². The zero-order valence-electron chi connectivity index (χ0n) is 26.3. The Morgan fingerprint density at radius 1 is 0.745 bits per heavy atom. The van der Waals surface area contributed by atoms with E-state index in [1.54, 1.807) is 0 Å². The third kappa shape index (κ3) is 4.21. The van der Waals surface area contributed by atoms with Crippen molar-refractivity contribution in [2.45, 2.75) is 35.2 Å². The molecule has 0 radical (unpaired) electrons. The number of nitrogens with zero attached hydrogens (tertiary/aromatic N) is 4. The van der Waals surface area contributed by atoms with Gasteiger partial charge in [-0.3, -0.25) is 4.57 Å². The normalized spacial score (nSPS) is 14.4. The van der Waals surface area contributed by atoms with Gasteiger partial charge in [-0.25, -0.2) is 14.4 Å². The second-order valence-corrected chi connectivity index (χ2v) is 13.9. The Balaban J connectivity index is 1.20. The molecule has 0 amide bonds. The van der Waals surface area contributed by atoms with Gasteiger partial charge in [-0.15, -0.1) is 0 Å².